The first-order valence-electron chi connectivity index (χ1n) is 9.42. The van der Waals surface area contributed by atoms with E-state index in [-0.39, 0.29) is 12.1 Å². The maximum atomic E-state index is 12.3. The van der Waals surface area contributed by atoms with Gasteiger partial charge in [-0.1, -0.05) is 6.07 Å². The van der Waals surface area contributed by atoms with E-state index in [9.17, 15) is 4.79 Å². The van der Waals surface area contributed by atoms with Crippen LogP contribution in [0.4, 0.5) is 10.6 Å². The van der Waals surface area contributed by atoms with Gasteiger partial charge in [0.15, 0.2) is 0 Å². The molecule has 0 unspecified atom stereocenters. The van der Waals surface area contributed by atoms with Crippen LogP contribution in [-0.2, 0) is 0 Å². The fourth-order valence-corrected chi connectivity index (χ4v) is 4.02. The molecule has 1 aromatic heterocycles. The van der Waals surface area contributed by atoms with Crippen LogP contribution in [0, 0.1) is 0 Å². The van der Waals surface area contributed by atoms with Gasteiger partial charge in [0.05, 0.1) is 0 Å². The molecule has 2 heterocycles. The number of carbonyl (C=O) groups excluding carboxylic acids is 1. The zero-order valence-electron chi connectivity index (χ0n) is 14.6. The van der Waals surface area contributed by atoms with Crippen molar-refractivity contribution in [2.75, 3.05) is 18.4 Å². The molecule has 5 heteroatoms. The molecule has 3 fully saturated rings. The van der Waals surface area contributed by atoms with Crippen LogP contribution in [0.5, 0.6) is 0 Å². The molecule has 24 heavy (non-hydrogen) atoms. The molecule has 2 N–H and O–H groups in total. The molecule has 0 bridgehead atoms. The predicted octanol–water partition coefficient (Wildman–Crippen LogP) is 3.49. The zero-order chi connectivity index (χ0) is 16.6. The van der Waals surface area contributed by atoms with Crippen LogP contribution >= 0.6 is 0 Å². The summed E-state index contributed by atoms with van der Waals surface area (Å²) in [6.45, 7) is 4.88. The summed E-state index contributed by atoms with van der Waals surface area (Å²) >= 11 is 0. The average molecular weight is 328 g/mol. The number of carbonyl (C=O) groups is 1. The van der Waals surface area contributed by atoms with E-state index in [2.05, 4.69) is 33.5 Å². The van der Waals surface area contributed by atoms with E-state index in [1.807, 2.05) is 12.1 Å². The van der Waals surface area contributed by atoms with Crippen molar-refractivity contribution in [1.29, 1.82) is 0 Å². The van der Waals surface area contributed by atoms with Crippen molar-refractivity contribution in [3.63, 3.8) is 0 Å². The lowest BCUT2D eigenvalue weighted by molar-refractivity contribution is 0.00963. The topological polar surface area (TPSA) is 57.3 Å². The summed E-state index contributed by atoms with van der Waals surface area (Å²) in [6, 6.07) is 6.07. The minimum Gasteiger partial charge on any atom is -0.335 e. The Hall–Kier alpha value is -1.62. The molecule has 4 rings (SSSR count). The van der Waals surface area contributed by atoms with Crippen LogP contribution in [0.3, 0.4) is 0 Å². The van der Waals surface area contributed by atoms with E-state index in [0.29, 0.717) is 17.3 Å². The molecule has 130 valence electrons. The number of urea groups is 1. The highest BCUT2D eigenvalue weighted by molar-refractivity contribution is 5.88. The summed E-state index contributed by atoms with van der Waals surface area (Å²) in [5, 5.41) is 6.04. The molecule has 5 nitrogen and oxygen atoms in total. The second-order valence-corrected chi connectivity index (χ2v) is 7.93. The van der Waals surface area contributed by atoms with Crippen molar-refractivity contribution < 1.29 is 4.79 Å². The molecular formula is C19H28N4O. The number of aromatic nitrogens is 1. The summed E-state index contributed by atoms with van der Waals surface area (Å²) in [4.78, 5) is 19.4. The van der Waals surface area contributed by atoms with Gasteiger partial charge in [0.25, 0.3) is 0 Å². The molecule has 0 radical (unpaired) electrons. The van der Waals surface area contributed by atoms with Gasteiger partial charge in [0.2, 0.25) is 0 Å². The normalized spacial score (nSPS) is 30.5. The molecule has 0 aromatic carbocycles. The highest BCUT2D eigenvalue weighted by Crippen LogP contribution is 2.39. The van der Waals surface area contributed by atoms with Crippen LogP contribution in [0.2, 0.25) is 0 Å². The number of likely N-dealkylation sites (tertiary alicyclic amines) is 1. The Morgan fingerprint density at radius 3 is 2.58 bits per heavy atom. The van der Waals surface area contributed by atoms with Gasteiger partial charge in [-0.25, -0.2) is 9.78 Å². The van der Waals surface area contributed by atoms with E-state index in [1.165, 1.54) is 45.2 Å². The Labute approximate surface area is 144 Å². The largest absolute Gasteiger partial charge is 0.335 e. The van der Waals surface area contributed by atoms with Gasteiger partial charge in [-0.15, -0.1) is 0 Å². The summed E-state index contributed by atoms with van der Waals surface area (Å²) in [5.74, 6) is 1.27. The Bertz CT molecular complexity index is 601. The lowest BCUT2D eigenvalue weighted by Crippen LogP contribution is -2.56. The first kappa shape index (κ1) is 15.9. The predicted molar refractivity (Wildman–Crippen MR) is 95.2 cm³/mol. The average Bonchev–Trinajstić information content (AvgIpc) is 3.33. The maximum absolute atomic E-state index is 12.3. The third kappa shape index (κ3) is 3.41. The third-order valence-electron chi connectivity index (χ3n) is 6.03. The van der Waals surface area contributed by atoms with Crippen molar-refractivity contribution in [2.24, 2.45) is 0 Å². The maximum Gasteiger partial charge on any atom is 0.320 e. The summed E-state index contributed by atoms with van der Waals surface area (Å²) in [7, 11) is 0. The minimum atomic E-state index is -0.118. The smallest absolute Gasteiger partial charge is 0.320 e. The van der Waals surface area contributed by atoms with E-state index < -0.39 is 0 Å². The van der Waals surface area contributed by atoms with Gasteiger partial charge >= 0.3 is 6.03 Å². The first-order valence-corrected chi connectivity index (χ1v) is 9.42. The molecule has 2 saturated carbocycles. The molecule has 0 atom stereocenters. The van der Waals surface area contributed by atoms with Gasteiger partial charge in [0.1, 0.15) is 5.82 Å². The Kier molecular flexibility index (Phi) is 4.21. The van der Waals surface area contributed by atoms with Gasteiger partial charge in [-0.2, -0.15) is 0 Å². The fourth-order valence-electron chi connectivity index (χ4n) is 4.02. The van der Waals surface area contributed by atoms with Crippen molar-refractivity contribution in [3.05, 3.63) is 23.9 Å². The molecule has 3 aliphatic rings. The SMILES string of the molecule is CC1(N2CCC2)CCC(NC(=O)Nc2cccc(C3CC3)n2)CC1. The van der Waals surface area contributed by atoms with Gasteiger partial charge < -0.3 is 5.32 Å². The molecule has 2 amide bonds. The number of pyridine rings is 1. The van der Waals surface area contributed by atoms with Crippen LogP contribution in [0.25, 0.3) is 0 Å². The van der Waals surface area contributed by atoms with Crippen molar-refractivity contribution in [1.82, 2.24) is 15.2 Å². The van der Waals surface area contributed by atoms with E-state index in [1.54, 1.807) is 0 Å². The van der Waals surface area contributed by atoms with Crippen LogP contribution in [-0.4, -0.2) is 40.6 Å². The molecule has 2 aliphatic carbocycles. The third-order valence-corrected chi connectivity index (χ3v) is 6.03. The number of hydrogen-bond acceptors (Lipinski definition) is 3. The van der Waals surface area contributed by atoms with Crippen LogP contribution in [0.15, 0.2) is 18.2 Å². The van der Waals surface area contributed by atoms with Gasteiger partial charge in [-0.3, -0.25) is 10.2 Å². The van der Waals surface area contributed by atoms with Crippen molar-refractivity contribution in [3.8, 4) is 0 Å². The number of nitrogens with one attached hydrogen (secondary N) is 2. The minimum absolute atomic E-state index is 0.118. The summed E-state index contributed by atoms with van der Waals surface area (Å²) < 4.78 is 0. The Morgan fingerprint density at radius 1 is 1.21 bits per heavy atom. The zero-order valence-corrected chi connectivity index (χ0v) is 14.6. The molecule has 0 spiro atoms. The standard InChI is InChI=1S/C19H28N4O/c1-19(23-12-3-13-23)10-8-15(9-11-19)20-18(24)22-17-5-2-4-16(21-17)14-6-7-14/h2,4-5,14-15H,3,6-13H2,1H3,(H2,20,21,22,24). The van der Waals surface area contributed by atoms with E-state index in [4.69, 9.17) is 0 Å². The second kappa shape index (κ2) is 6.36. The highest BCUT2D eigenvalue weighted by Gasteiger charge is 2.38. The van der Waals surface area contributed by atoms with Crippen molar-refractivity contribution in [2.45, 2.75) is 69.4 Å². The number of hydrogen-bond donors (Lipinski definition) is 2. The Balaban J connectivity index is 1.27. The molecule has 1 aliphatic heterocycles. The van der Waals surface area contributed by atoms with Crippen molar-refractivity contribution >= 4 is 11.8 Å². The van der Waals surface area contributed by atoms with Gasteiger partial charge in [0, 0.05) is 23.2 Å². The van der Waals surface area contributed by atoms with Gasteiger partial charge in [-0.05, 0) is 77.1 Å². The number of amides is 2. The number of anilines is 1. The number of rotatable bonds is 4. The quantitative estimate of drug-likeness (QED) is 0.889. The van der Waals surface area contributed by atoms with Crippen LogP contribution < -0.4 is 10.6 Å². The summed E-state index contributed by atoms with van der Waals surface area (Å²) in [5.41, 5.74) is 1.46. The monoisotopic (exact) mass is 328 g/mol. The van der Waals surface area contributed by atoms with E-state index >= 15 is 0 Å². The second-order valence-electron chi connectivity index (χ2n) is 7.93. The highest BCUT2D eigenvalue weighted by atomic mass is 16.2. The lowest BCUT2D eigenvalue weighted by atomic mass is 9.78. The first-order chi connectivity index (χ1) is 11.6. The lowest BCUT2D eigenvalue weighted by Gasteiger charge is -2.50. The van der Waals surface area contributed by atoms with E-state index in [0.717, 1.165) is 18.5 Å². The fraction of sp³-hybridized carbons (Fsp3) is 0.684. The Morgan fingerprint density at radius 2 is 1.96 bits per heavy atom. The molecule has 1 saturated heterocycles. The number of nitrogens with zero attached hydrogens (tertiary/aromatic N) is 2. The van der Waals surface area contributed by atoms with Crippen LogP contribution in [0.1, 0.15) is 63.5 Å². The molecular weight excluding hydrogens is 300 g/mol. The molecule has 1 aromatic rings. The summed E-state index contributed by atoms with van der Waals surface area (Å²) in [6.07, 6.45) is 8.26.